The number of rotatable bonds is 2. The monoisotopic (exact) mass is 307 g/mol. The summed E-state index contributed by atoms with van der Waals surface area (Å²) in [6.07, 6.45) is 0. The fraction of sp³-hybridized carbons (Fsp3) is 0.333. The Hall–Kier alpha value is -1.26. The minimum atomic E-state index is -0.141. The average Bonchev–Trinajstić information content (AvgIpc) is 2.36. The molecule has 2 rings (SSSR count). The van der Waals surface area contributed by atoms with E-state index >= 15 is 0 Å². The minimum Gasteiger partial charge on any atom is -0.383 e. The summed E-state index contributed by atoms with van der Waals surface area (Å²) in [5.74, 6) is 1.27. The Balaban J connectivity index is 2.46. The molecular formula is C15H18ClN3S. The van der Waals surface area contributed by atoms with Crippen LogP contribution in [0, 0.1) is 6.92 Å². The second-order valence-electron chi connectivity index (χ2n) is 5.65. The molecule has 2 N–H and O–H groups in total. The summed E-state index contributed by atoms with van der Waals surface area (Å²) in [7, 11) is 0. The van der Waals surface area contributed by atoms with Crippen molar-refractivity contribution in [3.05, 3.63) is 40.7 Å². The van der Waals surface area contributed by atoms with Gasteiger partial charge in [0, 0.05) is 15.9 Å². The number of nitrogens with two attached hydrogens (primary N) is 1. The molecule has 0 aliphatic carbocycles. The first kappa shape index (κ1) is 15.1. The largest absolute Gasteiger partial charge is 0.383 e. The summed E-state index contributed by atoms with van der Waals surface area (Å²) >= 11 is 7.72. The van der Waals surface area contributed by atoms with E-state index in [4.69, 9.17) is 17.3 Å². The van der Waals surface area contributed by atoms with Crippen LogP contribution in [0.3, 0.4) is 0 Å². The molecule has 0 bridgehead atoms. The summed E-state index contributed by atoms with van der Waals surface area (Å²) in [5.41, 5.74) is 6.76. The minimum absolute atomic E-state index is 0.141. The number of aromatic nitrogens is 2. The fourth-order valence-electron chi connectivity index (χ4n) is 1.58. The van der Waals surface area contributed by atoms with Crippen LogP contribution in [0.25, 0.3) is 0 Å². The molecule has 3 nitrogen and oxygen atoms in total. The lowest BCUT2D eigenvalue weighted by molar-refractivity contribution is 0.538. The van der Waals surface area contributed by atoms with Crippen LogP contribution in [-0.2, 0) is 5.41 Å². The van der Waals surface area contributed by atoms with Crippen molar-refractivity contribution < 1.29 is 0 Å². The number of anilines is 1. The fourth-order valence-corrected chi connectivity index (χ4v) is 2.74. The van der Waals surface area contributed by atoms with E-state index in [9.17, 15) is 0 Å². The molecule has 2 aromatic rings. The van der Waals surface area contributed by atoms with E-state index in [1.165, 1.54) is 11.8 Å². The van der Waals surface area contributed by atoms with Gasteiger partial charge in [0.1, 0.15) is 16.7 Å². The second-order valence-corrected chi connectivity index (χ2v) is 7.08. The van der Waals surface area contributed by atoms with Crippen molar-refractivity contribution >= 4 is 29.2 Å². The summed E-state index contributed by atoms with van der Waals surface area (Å²) < 4.78 is 0. The zero-order chi connectivity index (χ0) is 14.9. The van der Waals surface area contributed by atoms with E-state index in [0.29, 0.717) is 10.8 Å². The van der Waals surface area contributed by atoms with Crippen LogP contribution in [0.2, 0.25) is 5.02 Å². The molecule has 0 unspecified atom stereocenters. The molecule has 1 heterocycles. The predicted octanol–water partition coefficient (Wildman–Crippen LogP) is 4.47. The maximum Gasteiger partial charge on any atom is 0.137 e. The molecule has 0 atom stereocenters. The van der Waals surface area contributed by atoms with Gasteiger partial charge in [-0.05, 0) is 19.1 Å². The molecular weight excluding hydrogens is 290 g/mol. The molecule has 106 valence electrons. The maximum absolute atomic E-state index is 6.20. The maximum atomic E-state index is 6.20. The number of halogens is 1. The Morgan fingerprint density at radius 2 is 1.80 bits per heavy atom. The molecule has 0 aliphatic heterocycles. The van der Waals surface area contributed by atoms with Crippen LogP contribution in [0.1, 0.15) is 32.2 Å². The van der Waals surface area contributed by atoms with Crippen LogP contribution in [0.4, 0.5) is 5.82 Å². The normalized spacial score (nSPS) is 11.7. The van der Waals surface area contributed by atoms with Gasteiger partial charge in [-0.2, -0.15) is 0 Å². The lowest BCUT2D eigenvalue weighted by atomic mass is 9.95. The van der Waals surface area contributed by atoms with Gasteiger partial charge in [0.2, 0.25) is 0 Å². The summed E-state index contributed by atoms with van der Waals surface area (Å²) in [6, 6.07) is 7.71. The zero-order valence-electron chi connectivity index (χ0n) is 12.1. The zero-order valence-corrected chi connectivity index (χ0v) is 13.6. The molecule has 0 saturated carbocycles. The SMILES string of the molecule is Cc1c(N)nc(C(C)(C)C)nc1Sc1ccccc1Cl. The Morgan fingerprint density at radius 1 is 1.15 bits per heavy atom. The van der Waals surface area contributed by atoms with Gasteiger partial charge in [0.15, 0.2) is 0 Å². The van der Waals surface area contributed by atoms with Crippen molar-refractivity contribution in [3.8, 4) is 0 Å². The third-order valence-electron chi connectivity index (χ3n) is 2.85. The Bertz CT molecular complexity index is 636. The van der Waals surface area contributed by atoms with Gasteiger partial charge >= 0.3 is 0 Å². The van der Waals surface area contributed by atoms with Crippen LogP contribution in [0.15, 0.2) is 34.2 Å². The van der Waals surface area contributed by atoms with E-state index in [2.05, 4.69) is 30.7 Å². The van der Waals surface area contributed by atoms with Gasteiger partial charge in [-0.15, -0.1) is 0 Å². The lowest BCUT2D eigenvalue weighted by Gasteiger charge is -2.19. The smallest absolute Gasteiger partial charge is 0.137 e. The topological polar surface area (TPSA) is 51.8 Å². The highest BCUT2D eigenvalue weighted by molar-refractivity contribution is 7.99. The van der Waals surface area contributed by atoms with Crippen molar-refractivity contribution in [1.82, 2.24) is 9.97 Å². The van der Waals surface area contributed by atoms with Crippen LogP contribution >= 0.6 is 23.4 Å². The van der Waals surface area contributed by atoms with Crippen LogP contribution < -0.4 is 5.73 Å². The van der Waals surface area contributed by atoms with Crippen molar-refractivity contribution in [3.63, 3.8) is 0 Å². The number of benzene rings is 1. The quantitative estimate of drug-likeness (QED) is 0.832. The molecule has 0 amide bonds. The van der Waals surface area contributed by atoms with Gasteiger partial charge in [-0.25, -0.2) is 9.97 Å². The van der Waals surface area contributed by atoms with Gasteiger partial charge in [0.25, 0.3) is 0 Å². The van der Waals surface area contributed by atoms with Crippen molar-refractivity contribution in [2.75, 3.05) is 5.73 Å². The summed E-state index contributed by atoms with van der Waals surface area (Å²) in [5, 5.41) is 1.57. The number of nitrogen functional groups attached to an aromatic ring is 1. The third kappa shape index (κ3) is 3.25. The van der Waals surface area contributed by atoms with Crippen molar-refractivity contribution in [1.29, 1.82) is 0 Å². The summed E-state index contributed by atoms with van der Waals surface area (Å²) in [6.45, 7) is 8.14. The van der Waals surface area contributed by atoms with Crippen molar-refractivity contribution in [2.24, 2.45) is 0 Å². The van der Waals surface area contributed by atoms with E-state index in [1.807, 2.05) is 31.2 Å². The van der Waals surface area contributed by atoms with E-state index < -0.39 is 0 Å². The second kappa shape index (κ2) is 5.62. The molecule has 0 radical (unpaired) electrons. The van der Waals surface area contributed by atoms with Crippen LogP contribution in [0.5, 0.6) is 0 Å². The molecule has 1 aromatic carbocycles. The molecule has 20 heavy (non-hydrogen) atoms. The van der Waals surface area contributed by atoms with Gasteiger partial charge < -0.3 is 5.73 Å². The Labute approximate surface area is 129 Å². The Kier molecular flexibility index (Phi) is 4.25. The number of hydrogen-bond donors (Lipinski definition) is 1. The standard InChI is InChI=1S/C15H18ClN3S/c1-9-12(17)18-14(15(2,3)4)19-13(9)20-11-8-6-5-7-10(11)16/h5-8H,1-4H3,(H2,17,18,19). The van der Waals surface area contributed by atoms with E-state index in [0.717, 1.165) is 21.3 Å². The van der Waals surface area contributed by atoms with Crippen LogP contribution in [-0.4, -0.2) is 9.97 Å². The van der Waals surface area contributed by atoms with Gasteiger partial charge in [0.05, 0.1) is 5.02 Å². The molecule has 0 saturated heterocycles. The predicted molar refractivity (Wildman–Crippen MR) is 85.5 cm³/mol. The first-order chi connectivity index (χ1) is 9.29. The van der Waals surface area contributed by atoms with Gasteiger partial charge in [-0.1, -0.05) is 56.3 Å². The molecule has 0 spiro atoms. The van der Waals surface area contributed by atoms with Crippen molar-refractivity contribution in [2.45, 2.75) is 43.0 Å². The first-order valence-electron chi connectivity index (χ1n) is 6.36. The van der Waals surface area contributed by atoms with E-state index in [1.54, 1.807) is 0 Å². The highest BCUT2D eigenvalue weighted by atomic mass is 35.5. The van der Waals surface area contributed by atoms with E-state index in [-0.39, 0.29) is 5.41 Å². The van der Waals surface area contributed by atoms with Gasteiger partial charge in [-0.3, -0.25) is 0 Å². The summed E-state index contributed by atoms with van der Waals surface area (Å²) in [4.78, 5) is 10.0. The molecule has 1 aromatic heterocycles. The number of nitrogens with zero attached hydrogens (tertiary/aromatic N) is 2. The number of hydrogen-bond acceptors (Lipinski definition) is 4. The molecule has 5 heteroatoms. The Morgan fingerprint density at radius 3 is 2.40 bits per heavy atom. The first-order valence-corrected chi connectivity index (χ1v) is 7.55. The molecule has 0 aliphatic rings. The highest BCUT2D eigenvalue weighted by Gasteiger charge is 2.21. The lowest BCUT2D eigenvalue weighted by Crippen LogP contribution is -2.18. The third-order valence-corrected chi connectivity index (χ3v) is 4.46. The average molecular weight is 308 g/mol. The highest BCUT2D eigenvalue weighted by Crippen LogP contribution is 2.35. The molecule has 0 fully saturated rings.